The monoisotopic (exact) mass is 397 g/mol. The first-order chi connectivity index (χ1) is 14.0. The Morgan fingerprint density at radius 2 is 2.00 bits per heavy atom. The van der Waals surface area contributed by atoms with E-state index in [0.717, 1.165) is 10.1 Å². The van der Waals surface area contributed by atoms with Gasteiger partial charge in [-0.05, 0) is 23.8 Å². The predicted molar refractivity (Wildman–Crippen MR) is 99.3 cm³/mol. The molecular weight excluding hydrogens is 383 g/mol. The van der Waals surface area contributed by atoms with Crippen molar-refractivity contribution in [3.8, 4) is 6.07 Å². The van der Waals surface area contributed by atoms with E-state index in [2.05, 4.69) is 20.5 Å². The van der Waals surface area contributed by atoms with Gasteiger partial charge in [0.05, 0.1) is 29.9 Å². The smallest absolute Gasteiger partial charge is 0.257 e. The number of rotatable bonds is 6. The van der Waals surface area contributed by atoms with Gasteiger partial charge in [-0.15, -0.1) is 0 Å². The fourth-order valence-electron chi connectivity index (χ4n) is 2.93. The second-order valence-electron chi connectivity index (χ2n) is 6.28. The molecule has 0 amide bonds. The number of fused-ring (bicyclic) bond motifs is 1. The second kappa shape index (κ2) is 7.63. The number of pyridine rings is 1. The van der Waals surface area contributed by atoms with Gasteiger partial charge in [-0.3, -0.25) is 9.36 Å². The van der Waals surface area contributed by atoms with Crippen molar-refractivity contribution < 1.29 is 13.2 Å². The van der Waals surface area contributed by atoms with Crippen LogP contribution in [0.3, 0.4) is 0 Å². The maximum atomic E-state index is 13.6. The molecule has 0 unspecified atom stereocenters. The minimum absolute atomic E-state index is 0.205. The molecule has 0 bridgehead atoms. The molecule has 0 atom stereocenters. The summed E-state index contributed by atoms with van der Waals surface area (Å²) in [6.45, 7) is -0.285. The van der Waals surface area contributed by atoms with Crippen LogP contribution in [0.15, 0.2) is 48.9 Å². The Morgan fingerprint density at radius 1 is 1.14 bits per heavy atom. The van der Waals surface area contributed by atoms with E-state index < -0.39 is 18.8 Å². The van der Waals surface area contributed by atoms with E-state index in [4.69, 9.17) is 0 Å². The van der Waals surface area contributed by atoms with E-state index >= 15 is 0 Å². The highest BCUT2D eigenvalue weighted by atomic mass is 19.3. The van der Waals surface area contributed by atoms with Crippen LogP contribution in [0.4, 0.5) is 24.8 Å². The van der Waals surface area contributed by atoms with Crippen LogP contribution in [0.2, 0.25) is 0 Å². The molecule has 3 heterocycles. The van der Waals surface area contributed by atoms with Gasteiger partial charge in [-0.1, -0.05) is 0 Å². The lowest BCUT2D eigenvalue weighted by Gasteiger charge is -2.08. The second-order valence-corrected chi connectivity index (χ2v) is 6.28. The lowest BCUT2D eigenvalue weighted by Crippen LogP contribution is -2.07. The first kappa shape index (κ1) is 18.5. The molecule has 4 rings (SSSR count). The molecule has 3 aromatic heterocycles. The molecule has 0 radical (unpaired) electrons. The Morgan fingerprint density at radius 3 is 2.79 bits per heavy atom. The van der Waals surface area contributed by atoms with E-state index in [0.29, 0.717) is 28.3 Å². The zero-order valence-corrected chi connectivity index (χ0v) is 14.9. The minimum atomic E-state index is -2.49. The van der Waals surface area contributed by atoms with Crippen LogP contribution in [-0.4, -0.2) is 31.0 Å². The number of aromatic nitrogens is 5. The summed E-state index contributed by atoms with van der Waals surface area (Å²) in [5.74, 6) is 0.389. The molecule has 146 valence electrons. The quantitative estimate of drug-likeness (QED) is 0.536. The van der Waals surface area contributed by atoms with E-state index in [-0.39, 0.29) is 6.54 Å². The molecule has 0 saturated carbocycles. The summed E-state index contributed by atoms with van der Waals surface area (Å²) >= 11 is 0. The van der Waals surface area contributed by atoms with Crippen LogP contribution in [0.25, 0.3) is 10.9 Å². The van der Waals surface area contributed by atoms with Crippen molar-refractivity contribution in [3.63, 3.8) is 0 Å². The van der Waals surface area contributed by atoms with Gasteiger partial charge in [0.25, 0.3) is 6.43 Å². The number of nitrogens with zero attached hydrogens (tertiary/aromatic N) is 6. The lowest BCUT2D eigenvalue weighted by atomic mass is 10.1. The summed E-state index contributed by atoms with van der Waals surface area (Å²) in [5.41, 5.74) is 1.59. The predicted octanol–water partition coefficient (Wildman–Crippen LogP) is 3.70. The van der Waals surface area contributed by atoms with Gasteiger partial charge >= 0.3 is 0 Å². The summed E-state index contributed by atoms with van der Waals surface area (Å²) in [4.78, 5) is 4.27. The molecule has 0 fully saturated rings. The van der Waals surface area contributed by atoms with Crippen molar-refractivity contribution in [1.82, 2.24) is 24.5 Å². The standard InChI is InChI=1S/C19H14F3N7/c20-15-2-1-12(7-23)13(5-15)10-29-16-6-19(24-8-14(16)9-25-29)26-18-3-4-28(27-18)11-17(21)22/h1-6,8-9,17H,10-11H2,(H,24,26,27). The zero-order chi connectivity index (χ0) is 20.4. The van der Waals surface area contributed by atoms with Crippen LogP contribution >= 0.6 is 0 Å². The number of alkyl halides is 2. The van der Waals surface area contributed by atoms with Crippen molar-refractivity contribution in [1.29, 1.82) is 5.26 Å². The fourth-order valence-corrected chi connectivity index (χ4v) is 2.93. The van der Waals surface area contributed by atoms with Gasteiger partial charge in [-0.25, -0.2) is 18.2 Å². The third-order valence-electron chi connectivity index (χ3n) is 4.26. The largest absolute Gasteiger partial charge is 0.323 e. The Hall–Kier alpha value is -3.87. The van der Waals surface area contributed by atoms with Crippen LogP contribution in [-0.2, 0) is 13.1 Å². The van der Waals surface area contributed by atoms with Gasteiger partial charge < -0.3 is 5.32 Å². The highest BCUT2D eigenvalue weighted by Crippen LogP contribution is 2.21. The van der Waals surface area contributed by atoms with Crippen LogP contribution < -0.4 is 5.32 Å². The number of hydrogen-bond acceptors (Lipinski definition) is 5. The van der Waals surface area contributed by atoms with E-state index in [1.165, 1.54) is 24.4 Å². The number of hydrogen-bond donors (Lipinski definition) is 1. The average molecular weight is 397 g/mol. The van der Waals surface area contributed by atoms with Gasteiger partial charge in [0.15, 0.2) is 5.82 Å². The van der Waals surface area contributed by atoms with Crippen LogP contribution in [0.5, 0.6) is 0 Å². The van der Waals surface area contributed by atoms with Crippen LogP contribution in [0.1, 0.15) is 11.1 Å². The number of nitrogens with one attached hydrogen (secondary N) is 1. The summed E-state index contributed by atoms with van der Waals surface area (Å²) in [6.07, 6.45) is 2.18. The fraction of sp³-hybridized carbons (Fsp3) is 0.158. The van der Waals surface area contributed by atoms with E-state index in [9.17, 15) is 18.4 Å². The van der Waals surface area contributed by atoms with Crippen molar-refractivity contribution in [2.75, 3.05) is 5.32 Å². The Balaban J connectivity index is 1.61. The molecular formula is C19H14F3N7. The Bertz CT molecular complexity index is 1210. The average Bonchev–Trinajstić information content (AvgIpc) is 3.28. The van der Waals surface area contributed by atoms with Crippen molar-refractivity contribution >= 4 is 22.5 Å². The molecule has 1 N–H and O–H groups in total. The molecule has 0 spiro atoms. The molecule has 0 aliphatic heterocycles. The SMILES string of the molecule is N#Cc1ccc(F)cc1Cn1ncc2cnc(Nc3ccn(CC(F)F)n3)cc21. The molecule has 7 nitrogen and oxygen atoms in total. The first-order valence-corrected chi connectivity index (χ1v) is 8.60. The van der Waals surface area contributed by atoms with Gasteiger partial charge in [0.2, 0.25) is 0 Å². The summed E-state index contributed by atoms with van der Waals surface area (Å²) in [7, 11) is 0. The topological polar surface area (TPSA) is 84.4 Å². The first-order valence-electron chi connectivity index (χ1n) is 8.60. The molecule has 0 saturated heterocycles. The number of anilines is 2. The molecule has 1 aromatic carbocycles. The van der Waals surface area contributed by atoms with E-state index in [1.807, 2.05) is 6.07 Å². The maximum absolute atomic E-state index is 13.6. The van der Waals surface area contributed by atoms with Gasteiger partial charge in [-0.2, -0.15) is 15.5 Å². The Labute approximate surface area is 163 Å². The number of halogens is 3. The van der Waals surface area contributed by atoms with Gasteiger partial charge in [0.1, 0.15) is 18.2 Å². The summed E-state index contributed by atoms with van der Waals surface area (Å²) in [5, 5.41) is 21.3. The highest BCUT2D eigenvalue weighted by Gasteiger charge is 2.11. The lowest BCUT2D eigenvalue weighted by molar-refractivity contribution is 0.122. The van der Waals surface area contributed by atoms with E-state index in [1.54, 1.807) is 29.2 Å². The van der Waals surface area contributed by atoms with Gasteiger partial charge in [0, 0.05) is 29.9 Å². The van der Waals surface area contributed by atoms with Crippen molar-refractivity contribution in [2.24, 2.45) is 0 Å². The zero-order valence-electron chi connectivity index (χ0n) is 14.9. The Kier molecular flexibility index (Phi) is 4.87. The molecule has 4 aromatic rings. The third-order valence-corrected chi connectivity index (χ3v) is 4.26. The number of nitriles is 1. The highest BCUT2D eigenvalue weighted by molar-refractivity contribution is 5.81. The summed E-state index contributed by atoms with van der Waals surface area (Å²) < 4.78 is 41.3. The van der Waals surface area contributed by atoms with Crippen molar-refractivity contribution in [3.05, 3.63) is 65.9 Å². The molecule has 29 heavy (non-hydrogen) atoms. The maximum Gasteiger partial charge on any atom is 0.257 e. The third kappa shape index (κ3) is 4.03. The summed E-state index contributed by atoms with van der Waals surface area (Å²) in [6, 6.07) is 9.31. The number of benzene rings is 1. The normalized spacial score (nSPS) is 11.1. The van der Waals surface area contributed by atoms with Crippen molar-refractivity contribution in [2.45, 2.75) is 19.5 Å². The van der Waals surface area contributed by atoms with Crippen LogP contribution in [0, 0.1) is 17.1 Å². The minimum Gasteiger partial charge on any atom is -0.323 e. The molecule has 10 heteroatoms. The molecule has 0 aliphatic rings. The molecule has 0 aliphatic carbocycles.